The largest absolute Gasteiger partial charge is 0.331 e. The van der Waals surface area contributed by atoms with Crippen LogP contribution in [0.5, 0.6) is 0 Å². The second kappa shape index (κ2) is 12.3. The van der Waals surface area contributed by atoms with Gasteiger partial charge in [0.2, 0.25) is 0 Å². The summed E-state index contributed by atoms with van der Waals surface area (Å²) in [5.74, 6) is -0.229. The minimum Gasteiger partial charge on any atom is -0.331 e. The van der Waals surface area contributed by atoms with Gasteiger partial charge in [0.1, 0.15) is 5.82 Å². The fourth-order valence-corrected chi connectivity index (χ4v) is 10.5. The number of hydrogen-bond acceptors (Lipinski definition) is 4. The van der Waals surface area contributed by atoms with Crippen LogP contribution in [0.25, 0.3) is 32.3 Å². The summed E-state index contributed by atoms with van der Waals surface area (Å²) in [6.45, 7) is 0. The van der Waals surface area contributed by atoms with Gasteiger partial charge in [-0.1, -0.05) is 103 Å². The molecule has 0 radical (unpaired) electrons. The maximum atomic E-state index is 13.7. The van der Waals surface area contributed by atoms with Crippen LogP contribution in [0.3, 0.4) is 0 Å². The Kier molecular flexibility index (Phi) is 7.29. The Morgan fingerprint density at radius 2 is 1.04 bits per heavy atom. The minimum atomic E-state index is -0.229. The van der Waals surface area contributed by atoms with E-state index in [9.17, 15) is 4.39 Å². The molecule has 0 fully saturated rings. The average Bonchev–Trinajstić information content (AvgIpc) is 3.85. The number of fused-ring (bicyclic) bond motifs is 7. The highest BCUT2D eigenvalue weighted by atomic mass is 32.2. The number of thioether (sulfide) groups is 1. The Morgan fingerprint density at radius 1 is 0.510 bits per heavy atom. The molecule has 2 aliphatic rings. The van der Waals surface area contributed by atoms with Crippen LogP contribution < -0.4 is 9.80 Å². The molecule has 5 heteroatoms. The summed E-state index contributed by atoms with van der Waals surface area (Å²) in [4.78, 5) is 7.75. The molecule has 1 aromatic heterocycles. The maximum absolute atomic E-state index is 13.7. The van der Waals surface area contributed by atoms with E-state index in [0.29, 0.717) is 5.25 Å². The first kappa shape index (κ1) is 30.2. The molecule has 0 aliphatic carbocycles. The van der Waals surface area contributed by atoms with Gasteiger partial charge in [-0.25, -0.2) is 4.39 Å². The summed E-state index contributed by atoms with van der Waals surface area (Å²) in [5.41, 5.74) is 11.6. The van der Waals surface area contributed by atoms with Gasteiger partial charge in [0.15, 0.2) is 0 Å². The van der Waals surface area contributed by atoms with Gasteiger partial charge in [-0.3, -0.25) is 0 Å². The van der Waals surface area contributed by atoms with Crippen molar-refractivity contribution in [2.45, 2.75) is 16.2 Å². The highest BCUT2D eigenvalue weighted by Gasteiger charge is 2.48. The fourth-order valence-electron chi connectivity index (χ4n) is 7.68. The van der Waals surface area contributed by atoms with E-state index in [0.717, 1.165) is 28.2 Å². The fraction of sp³-hybridized carbons (Fsp3) is 0.0435. The quantitative estimate of drug-likeness (QED) is 0.171. The molecular weight excluding hydrogens is 664 g/mol. The molecule has 0 N–H and O–H groups in total. The van der Waals surface area contributed by atoms with Gasteiger partial charge in [-0.15, -0.1) is 23.1 Å². The molecule has 0 saturated heterocycles. The smallest absolute Gasteiger partial charge is 0.123 e. The van der Waals surface area contributed by atoms with Crippen LogP contribution in [0.1, 0.15) is 21.7 Å². The van der Waals surface area contributed by atoms with Crippen LogP contribution in [-0.4, -0.2) is 0 Å². The van der Waals surface area contributed by atoms with Crippen molar-refractivity contribution in [2.75, 3.05) is 9.80 Å². The van der Waals surface area contributed by atoms with Crippen molar-refractivity contribution in [1.29, 1.82) is 0 Å². The first-order valence-corrected chi connectivity index (χ1v) is 18.9. The third-order valence-corrected chi connectivity index (χ3v) is 12.8. The van der Waals surface area contributed by atoms with Gasteiger partial charge in [-0.2, -0.15) is 0 Å². The van der Waals surface area contributed by atoms with Crippen LogP contribution in [0, 0.1) is 5.82 Å². The third-order valence-electron chi connectivity index (χ3n) is 10.1. The second-order valence-corrected chi connectivity index (χ2v) is 15.3. The van der Waals surface area contributed by atoms with Crippen molar-refractivity contribution < 1.29 is 4.39 Å². The Labute approximate surface area is 305 Å². The minimum absolute atomic E-state index is 0.229. The lowest BCUT2D eigenvalue weighted by Gasteiger charge is -2.30. The predicted molar refractivity (Wildman–Crippen MR) is 214 cm³/mol. The van der Waals surface area contributed by atoms with Gasteiger partial charge in [0.05, 0.1) is 17.0 Å². The monoisotopic (exact) mass is 694 g/mol. The van der Waals surface area contributed by atoms with Crippen LogP contribution in [0.2, 0.25) is 0 Å². The zero-order valence-electron chi connectivity index (χ0n) is 27.5. The van der Waals surface area contributed by atoms with Crippen molar-refractivity contribution in [3.05, 3.63) is 192 Å². The second-order valence-electron chi connectivity index (χ2n) is 13.0. The molecule has 0 bridgehead atoms. The number of rotatable bonds is 6. The van der Waals surface area contributed by atoms with E-state index in [1.165, 1.54) is 60.1 Å². The maximum Gasteiger partial charge on any atom is 0.123 e. The number of benzene rings is 7. The molecule has 0 amide bonds. The molecular formula is C46H31FN2S2. The van der Waals surface area contributed by atoms with Crippen molar-refractivity contribution in [3.63, 3.8) is 0 Å². The topological polar surface area (TPSA) is 6.48 Å². The molecule has 244 valence electrons. The van der Waals surface area contributed by atoms with Gasteiger partial charge in [0, 0.05) is 42.6 Å². The lowest BCUT2D eigenvalue weighted by atomic mass is 10.0. The SMILES string of the molecule is Fc1ccc(-c2ccc(N(c3ccc(-c4ccccc4)cc3)c3ccc(N4c5c(sc6ccccc56)C5Sc6ccccc6C54)cc3)cc2)cc1. The molecule has 8 aromatic rings. The van der Waals surface area contributed by atoms with Crippen molar-refractivity contribution in [1.82, 2.24) is 0 Å². The molecule has 51 heavy (non-hydrogen) atoms. The molecule has 2 aliphatic heterocycles. The van der Waals surface area contributed by atoms with E-state index in [-0.39, 0.29) is 11.9 Å². The van der Waals surface area contributed by atoms with Gasteiger partial charge < -0.3 is 9.80 Å². The van der Waals surface area contributed by atoms with Gasteiger partial charge >= 0.3 is 0 Å². The van der Waals surface area contributed by atoms with Gasteiger partial charge in [-0.05, 0) is 101 Å². The summed E-state index contributed by atoms with van der Waals surface area (Å²) in [6, 6.07) is 61.6. The highest BCUT2D eigenvalue weighted by molar-refractivity contribution is 8.00. The zero-order chi connectivity index (χ0) is 33.9. The third kappa shape index (κ3) is 5.15. The van der Waals surface area contributed by atoms with E-state index in [2.05, 4.69) is 155 Å². The summed E-state index contributed by atoms with van der Waals surface area (Å²) in [6.07, 6.45) is 0. The molecule has 2 nitrogen and oxygen atoms in total. The van der Waals surface area contributed by atoms with Crippen LogP contribution in [0.4, 0.5) is 32.8 Å². The summed E-state index contributed by atoms with van der Waals surface area (Å²) in [5, 5.41) is 1.70. The number of thiophene rings is 1. The molecule has 2 unspecified atom stereocenters. The first-order valence-electron chi connectivity index (χ1n) is 17.2. The highest BCUT2D eigenvalue weighted by Crippen LogP contribution is 2.67. The predicted octanol–water partition coefficient (Wildman–Crippen LogP) is 13.9. The molecule has 10 rings (SSSR count). The normalized spacial score (nSPS) is 15.8. The lowest BCUT2D eigenvalue weighted by molar-refractivity contribution is 0.628. The summed E-state index contributed by atoms with van der Waals surface area (Å²) >= 11 is 3.95. The number of nitrogens with zero attached hydrogens (tertiary/aromatic N) is 2. The number of halogens is 1. The van der Waals surface area contributed by atoms with Crippen LogP contribution >= 0.6 is 23.1 Å². The van der Waals surface area contributed by atoms with Gasteiger partial charge in [0.25, 0.3) is 0 Å². The standard InChI is InChI=1S/C46H31FN2S2/c47-34-20-14-31(15-21-34)33-18-24-36(25-19-33)48(35-22-16-32(17-23-35)30-8-2-1-3-9-30)37-26-28-38(29-27-37)49-43-39-10-4-6-12-41(39)50-45(43)46-44(49)40-11-5-7-13-42(40)51-46/h1-29,43,45H. The van der Waals surface area contributed by atoms with E-state index >= 15 is 0 Å². The summed E-state index contributed by atoms with van der Waals surface area (Å²) in [7, 11) is 0. The number of hydrogen-bond donors (Lipinski definition) is 0. The molecule has 3 heterocycles. The Hall–Kier alpha value is -5.62. The Bertz CT molecular complexity index is 2510. The van der Waals surface area contributed by atoms with E-state index in [1.807, 2.05) is 41.3 Å². The first-order chi connectivity index (χ1) is 25.2. The molecule has 0 saturated carbocycles. The van der Waals surface area contributed by atoms with E-state index in [1.54, 1.807) is 0 Å². The van der Waals surface area contributed by atoms with Crippen molar-refractivity contribution >= 4 is 61.6 Å². The summed E-state index contributed by atoms with van der Waals surface area (Å²) < 4.78 is 15.0. The van der Waals surface area contributed by atoms with Crippen molar-refractivity contribution in [3.8, 4) is 22.3 Å². The number of anilines is 5. The van der Waals surface area contributed by atoms with Crippen LogP contribution in [-0.2, 0) is 0 Å². The van der Waals surface area contributed by atoms with E-state index < -0.39 is 0 Å². The molecule has 0 spiro atoms. The Morgan fingerprint density at radius 3 is 1.71 bits per heavy atom. The zero-order valence-corrected chi connectivity index (χ0v) is 29.1. The lowest BCUT2D eigenvalue weighted by Crippen LogP contribution is -2.19. The van der Waals surface area contributed by atoms with Crippen molar-refractivity contribution in [2.24, 2.45) is 0 Å². The van der Waals surface area contributed by atoms with Crippen LogP contribution in [0.15, 0.2) is 181 Å². The van der Waals surface area contributed by atoms with E-state index in [4.69, 9.17) is 0 Å². The Balaban J connectivity index is 1.06. The molecule has 2 atom stereocenters. The molecule has 7 aromatic carbocycles. The average molecular weight is 695 g/mol.